The molecule has 0 amide bonds. The fraction of sp³-hybridized carbons (Fsp3) is 0.571. The molecular weight excluding hydrogens is 196 g/mol. The van der Waals surface area contributed by atoms with Gasteiger partial charge in [0.2, 0.25) is 0 Å². The van der Waals surface area contributed by atoms with Crippen molar-refractivity contribution < 1.29 is 0 Å². The predicted octanol–water partition coefficient (Wildman–Crippen LogP) is 2.93. The molecule has 1 aromatic carbocycles. The summed E-state index contributed by atoms with van der Waals surface area (Å²) in [5.41, 5.74) is 8.55. The summed E-state index contributed by atoms with van der Waals surface area (Å²) in [7, 11) is 0. The summed E-state index contributed by atoms with van der Waals surface area (Å²) in [5, 5.41) is 3.60. The minimum Gasteiger partial charge on any atom is -0.382 e. The summed E-state index contributed by atoms with van der Waals surface area (Å²) in [6, 6.07) is 9.84. The molecule has 2 heteroatoms. The fourth-order valence-electron chi connectivity index (χ4n) is 2.34. The van der Waals surface area contributed by atoms with Crippen LogP contribution in [0.2, 0.25) is 0 Å². The molecule has 0 bridgehead atoms. The SMILES string of the molecule is CCc1ccc(NC2CCC(N)CC2)cc1. The van der Waals surface area contributed by atoms with Gasteiger partial charge in [0.1, 0.15) is 0 Å². The third kappa shape index (κ3) is 2.99. The van der Waals surface area contributed by atoms with Crippen LogP contribution in [0.25, 0.3) is 0 Å². The van der Waals surface area contributed by atoms with Crippen molar-refractivity contribution in [2.45, 2.75) is 51.1 Å². The van der Waals surface area contributed by atoms with Gasteiger partial charge in [-0.25, -0.2) is 0 Å². The quantitative estimate of drug-likeness (QED) is 0.818. The van der Waals surface area contributed by atoms with Gasteiger partial charge in [0.25, 0.3) is 0 Å². The molecule has 1 aliphatic rings. The average Bonchev–Trinajstić information content (AvgIpc) is 2.33. The maximum atomic E-state index is 5.90. The molecule has 0 aromatic heterocycles. The molecule has 0 spiro atoms. The number of hydrogen-bond acceptors (Lipinski definition) is 2. The van der Waals surface area contributed by atoms with Gasteiger partial charge in [-0.05, 0) is 49.8 Å². The number of nitrogens with one attached hydrogen (secondary N) is 1. The molecule has 1 fully saturated rings. The molecule has 2 nitrogen and oxygen atoms in total. The topological polar surface area (TPSA) is 38.0 Å². The first-order valence-electron chi connectivity index (χ1n) is 6.39. The van der Waals surface area contributed by atoms with Crippen LogP contribution in [-0.4, -0.2) is 12.1 Å². The van der Waals surface area contributed by atoms with Crippen molar-refractivity contribution >= 4 is 5.69 Å². The Kier molecular flexibility index (Phi) is 3.83. The van der Waals surface area contributed by atoms with E-state index < -0.39 is 0 Å². The first kappa shape index (κ1) is 11.5. The van der Waals surface area contributed by atoms with Crippen molar-refractivity contribution in [3.63, 3.8) is 0 Å². The van der Waals surface area contributed by atoms with Gasteiger partial charge in [0.05, 0.1) is 0 Å². The van der Waals surface area contributed by atoms with Crippen molar-refractivity contribution in [2.24, 2.45) is 5.73 Å². The molecule has 0 heterocycles. The molecule has 0 radical (unpaired) electrons. The normalized spacial score (nSPS) is 25.4. The van der Waals surface area contributed by atoms with Gasteiger partial charge >= 0.3 is 0 Å². The van der Waals surface area contributed by atoms with E-state index in [0.29, 0.717) is 12.1 Å². The van der Waals surface area contributed by atoms with Crippen LogP contribution in [0.15, 0.2) is 24.3 Å². The number of anilines is 1. The number of rotatable bonds is 3. The second-order valence-electron chi connectivity index (χ2n) is 4.81. The summed E-state index contributed by atoms with van der Waals surface area (Å²) < 4.78 is 0. The Bertz CT molecular complexity index is 310. The van der Waals surface area contributed by atoms with Gasteiger partial charge < -0.3 is 11.1 Å². The third-order valence-corrected chi connectivity index (χ3v) is 3.50. The molecule has 2 rings (SSSR count). The van der Waals surface area contributed by atoms with Crippen molar-refractivity contribution in [3.8, 4) is 0 Å². The second-order valence-corrected chi connectivity index (χ2v) is 4.81. The van der Waals surface area contributed by atoms with Crippen LogP contribution in [0, 0.1) is 0 Å². The van der Waals surface area contributed by atoms with E-state index >= 15 is 0 Å². The molecular formula is C14H22N2. The molecule has 88 valence electrons. The highest BCUT2D eigenvalue weighted by atomic mass is 14.9. The zero-order valence-electron chi connectivity index (χ0n) is 10.1. The van der Waals surface area contributed by atoms with E-state index in [-0.39, 0.29) is 0 Å². The van der Waals surface area contributed by atoms with Crippen LogP contribution >= 0.6 is 0 Å². The molecule has 3 N–H and O–H groups in total. The zero-order chi connectivity index (χ0) is 11.4. The molecule has 1 aromatic rings. The van der Waals surface area contributed by atoms with E-state index in [9.17, 15) is 0 Å². The van der Waals surface area contributed by atoms with E-state index in [1.807, 2.05) is 0 Å². The van der Waals surface area contributed by atoms with E-state index in [4.69, 9.17) is 5.73 Å². The molecule has 1 saturated carbocycles. The Labute approximate surface area is 98.2 Å². The summed E-state index contributed by atoms with van der Waals surface area (Å²) in [4.78, 5) is 0. The predicted molar refractivity (Wildman–Crippen MR) is 69.7 cm³/mol. The lowest BCUT2D eigenvalue weighted by Gasteiger charge is -2.27. The average molecular weight is 218 g/mol. The van der Waals surface area contributed by atoms with Gasteiger partial charge in [0.15, 0.2) is 0 Å². The van der Waals surface area contributed by atoms with Gasteiger partial charge in [-0.1, -0.05) is 19.1 Å². The van der Waals surface area contributed by atoms with Gasteiger partial charge in [-0.15, -0.1) is 0 Å². The first-order valence-corrected chi connectivity index (χ1v) is 6.39. The molecule has 16 heavy (non-hydrogen) atoms. The summed E-state index contributed by atoms with van der Waals surface area (Å²) in [6.45, 7) is 2.19. The van der Waals surface area contributed by atoms with Crippen LogP contribution in [0.5, 0.6) is 0 Å². The maximum absolute atomic E-state index is 5.90. The summed E-state index contributed by atoms with van der Waals surface area (Å²) in [6.07, 6.45) is 5.83. The van der Waals surface area contributed by atoms with E-state index in [2.05, 4.69) is 36.5 Å². The summed E-state index contributed by atoms with van der Waals surface area (Å²) >= 11 is 0. The molecule has 0 atom stereocenters. The lowest BCUT2D eigenvalue weighted by atomic mass is 9.91. The van der Waals surface area contributed by atoms with E-state index in [0.717, 1.165) is 19.3 Å². The largest absolute Gasteiger partial charge is 0.382 e. The molecule has 1 aliphatic carbocycles. The highest BCUT2D eigenvalue weighted by Gasteiger charge is 2.17. The van der Waals surface area contributed by atoms with Gasteiger partial charge in [0, 0.05) is 17.8 Å². The number of aryl methyl sites for hydroxylation is 1. The minimum atomic E-state index is 0.431. The van der Waals surface area contributed by atoms with Crippen molar-refractivity contribution in [3.05, 3.63) is 29.8 Å². The van der Waals surface area contributed by atoms with Crippen LogP contribution in [0.4, 0.5) is 5.69 Å². The van der Waals surface area contributed by atoms with Crippen LogP contribution in [0.3, 0.4) is 0 Å². The minimum absolute atomic E-state index is 0.431. The lowest BCUT2D eigenvalue weighted by Crippen LogP contribution is -2.32. The zero-order valence-corrected chi connectivity index (χ0v) is 10.1. The van der Waals surface area contributed by atoms with Crippen molar-refractivity contribution in [1.29, 1.82) is 0 Å². The molecule has 0 aliphatic heterocycles. The number of nitrogens with two attached hydrogens (primary N) is 1. The first-order chi connectivity index (χ1) is 7.78. The van der Waals surface area contributed by atoms with Crippen molar-refractivity contribution in [1.82, 2.24) is 0 Å². The Morgan fingerprint density at radius 1 is 1.12 bits per heavy atom. The smallest absolute Gasteiger partial charge is 0.0342 e. The van der Waals surface area contributed by atoms with E-state index in [1.165, 1.54) is 24.1 Å². The highest BCUT2D eigenvalue weighted by molar-refractivity contribution is 5.45. The van der Waals surface area contributed by atoms with Crippen LogP contribution in [0.1, 0.15) is 38.2 Å². The number of hydrogen-bond donors (Lipinski definition) is 2. The lowest BCUT2D eigenvalue weighted by molar-refractivity contribution is 0.411. The fourth-order valence-corrected chi connectivity index (χ4v) is 2.34. The molecule has 0 saturated heterocycles. The Balaban J connectivity index is 1.88. The Hall–Kier alpha value is -1.02. The van der Waals surface area contributed by atoms with Crippen LogP contribution in [-0.2, 0) is 6.42 Å². The monoisotopic (exact) mass is 218 g/mol. The Morgan fingerprint density at radius 3 is 2.31 bits per heavy atom. The molecule has 0 unspecified atom stereocenters. The third-order valence-electron chi connectivity index (χ3n) is 3.50. The maximum Gasteiger partial charge on any atom is 0.0342 e. The number of benzene rings is 1. The standard InChI is InChI=1S/C14H22N2/c1-2-11-3-7-13(8-4-11)16-14-9-5-12(15)6-10-14/h3-4,7-8,12,14,16H,2,5-6,9-10,15H2,1H3. The Morgan fingerprint density at radius 2 is 1.75 bits per heavy atom. The van der Waals surface area contributed by atoms with Gasteiger partial charge in [-0.2, -0.15) is 0 Å². The van der Waals surface area contributed by atoms with Crippen LogP contribution < -0.4 is 11.1 Å². The highest BCUT2D eigenvalue weighted by Crippen LogP contribution is 2.21. The van der Waals surface area contributed by atoms with E-state index in [1.54, 1.807) is 0 Å². The second kappa shape index (κ2) is 5.35. The van der Waals surface area contributed by atoms with Gasteiger partial charge in [-0.3, -0.25) is 0 Å². The summed E-state index contributed by atoms with van der Waals surface area (Å²) in [5.74, 6) is 0. The van der Waals surface area contributed by atoms with Crippen molar-refractivity contribution in [2.75, 3.05) is 5.32 Å².